The number of hydrogen-bond donors (Lipinski definition) is 3. The highest BCUT2D eigenvalue weighted by molar-refractivity contribution is 5.82. The Balaban J connectivity index is 1.39. The summed E-state index contributed by atoms with van der Waals surface area (Å²) in [5.74, 6) is 1.19. The molecule has 7 heteroatoms. The molecule has 0 bridgehead atoms. The topological polar surface area (TPSA) is 126 Å². The minimum atomic E-state index is -0.443. The zero-order chi connectivity index (χ0) is 25.2. The Hall–Kier alpha value is -1.83. The van der Waals surface area contributed by atoms with Crippen molar-refractivity contribution in [3.8, 4) is 0 Å². The van der Waals surface area contributed by atoms with E-state index in [4.69, 9.17) is 17.2 Å². The fraction of sp³-hybridized carbons (Fsp3) is 0.750. The monoisotopic (exact) mass is 480 g/mol. The largest absolute Gasteiger partial charge is 0.325 e. The third kappa shape index (κ3) is 3.68. The van der Waals surface area contributed by atoms with Crippen LogP contribution in [0.3, 0.4) is 0 Å². The summed E-state index contributed by atoms with van der Waals surface area (Å²) in [6.07, 6.45) is 11.2. The zero-order valence-electron chi connectivity index (χ0n) is 22.0. The van der Waals surface area contributed by atoms with Gasteiger partial charge in [-0.1, -0.05) is 27.7 Å². The van der Waals surface area contributed by atoms with Gasteiger partial charge in [0.2, 0.25) is 0 Å². The Morgan fingerprint density at radius 3 is 2.60 bits per heavy atom. The van der Waals surface area contributed by atoms with E-state index < -0.39 is 11.1 Å². The second-order valence-corrected chi connectivity index (χ2v) is 12.8. The van der Waals surface area contributed by atoms with Gasteiger partial charge >= 0.3 is 0 Å². The number of fused-ring (bicyclic) bond motifs is 2. The molecule has 192 valence electrons. The minimum absolute atomic E-state index is 0.0460. The van der Waals surface area contributed by atoms with Gasteiger partial charge < -0.3 is 17.2 Å². The lowest BCUT2D eigenvalue weighted by Gasteiger charge is -2.65. The van der Waals surface area contributed by atoms with Gasteiger partial charge in [0.1, 0.15) is 11.0 Å². The van der Waals surface area contributed by atoms with Gasteiger partial charge in [-0.2, -0.15) is 5.10 Å². The average Bonchev–Trinajstić information content (AvgIpc) is 3.34. The van der Waals surface area contributed by atoms with Gasteiger partial charge in [0.15, 0.2) is 5.78 Å². The average molecular weight is 481 g/mol. The number of Topliss-reactive ketones (excluding diaryl/α,β-unsaturated/α-hetero) is 1. The number of pyridine rings is 1. The second-order valence-electron chi connectivity index (χ2n) is 12.8. The Labute approximate surface area is 209 Å². The summed E-state index contributed by atoms with van der Waals surface area (Å²) in [5.41, 5.74) is 22.1. The van der Waals surface area contributed by atoms with Crippen molar-refractivity contribution in [1.82, 2.24) is 14.8 Å². The number of carbonyl (C=O) groups excluding carboxylic acids is 1. The van der Waals surface area contributed by atoms with Crippen molar-refractivity contribution in [3.05, 3.63) is 24.5 Å². The highest BCUT2D eigenvalue weighted by Crippen LogP contribution is 2.61. The summed E-state index contributed by atoms with van der Waals surface area (Å²) >= 11 is 0. The van der Waals surface area contributed by atoms with E-state index in [1.54, 1.807) is 10.9 Å². The van der Waals surface area contributed by atoms with Crippen LogP contribution in [0.25, 0.3) is 11.0 Å². The highest BCUT2D eigenvalue weighted by atomic mass is 16.1. The summed E-state index contributed by atoms with van der Waals surface area (Å²) in [5, 5.41) is 4.57. The predicted octanol–water partition coefficient (Wildman–Crippen LogP) is 3.79. The number of ketones is 1. The van der Waals surface area contributed by atoms with Crippen LogP contribution < -0.4 is 17.2 Å². The van der Waals surface area contributed by atoms with Gasteiger partial charge in [-0.25, -0.2) is 0 Å². The standard InChI is InChI=1S/C28H44N6O/c1-5-23-27(30,13-12-26(29)15-18(2)10-11-28(23,26)31)24-9-8-19(25(24,3)4)22(35)17-34-16-21-20(33-34)7-6-14-32-21/h6-7,14,16,18-19,23-24H,5,8-13,15,17,29-31H2,1-4H3/t18-,19+,23-,24+,26-,27-,28-/m0/s1. The third-order valence-electron chi connectivity index (χ3n) is 10.6. The van der Waals surface area contributed by atoms with Crippen molar-refractivity contribution in [2.45, 2.75) is 102 Å². The molecule has 5 rings (SSSR count). The van der Waals surface area contributed by atoms with Gasteiger partial charge in [0, 0.05) is 28.7 Å². The summed E-state index contributed by atoms with van der Waals surface area (Å²) in [7, 11) is 0. The van der Waals surface area contributed by atoms with Gasteiger partial charge in [-0.3, -0.25) is 14.5 Å². The van der Waals surface area contributed by atoms with Gasteiger partial charge in [0.05, 0.1) is 12.7 Å². The van der Waals surface area contributed by atoms with E-state index in [9.17, 15) is 4.79 Å². The maximum atomic E-state index is 13.6. The fourth-order valence-electron chi connectivity index (χ4n) is 8.87. The molecule has 7 nitrogen and oxygen atoms in total. The maximum absolute atomic E-state index is 13.6. The summed E-state index contributed by atoms with van der Waals surface area (Å²) in [6.45, 7) is 9.31. The second kappa shape index (κ2) is 8.35. The van der Waals surface area contributed by atoms with Crippen LogP contribution >= 0.6 is 0 Å². The molecule has 2 aromatic rings. The van der Waals surface area contributed by atoms with E-state index in [1.807, 2.05) is 18.3 Å². The number of carbonyl (C=O) groups is 1. The van der Waals surface area contributed by atoms with E-state index in [0.717, 1.165) is 62.4 Å². The Bertz CT molecular complexity index is 1080. The van der Waals surface area contributed by atoms with Crippen LogP contribution in [0.2, 0.25) is 0 Å². The summed E-state index contributed by atoms with van der Waals surface area (Å²) in [4.78, 5) is 18.0. The van der Waals surface area contributed by atoms with Crippen LogP contribution in [-0.4, -0.2) is 37.2 Å². The van der Waals surface area contributed by atoms with E-state index in [2.05, 4.69) is 37.8 Å². The molecule has 3 aliphatic carbocycles. The van der Waals surface area contributed by atoms with Gasteiger partial charge in [-0.05, 0) is 86.7 Å². The molecule has 0 unspecified atom stereocenters. The molecule has 0 spiro atoms. The molecule has 0 saturated heterocycles. The first-order valence-electron chi connectivity index (χ1n) is 13.6. The molecule has 0 aromatic carbocycles. The lowest BCUT2D eigenvalue weighted by Crippen LogP contribution is -2.80. The quantitative estimate of drug-likeness (QED) is 0.598. The molecule has 35 heavy (non-hydrogen) atoms. The molecule has 6 N–H and O–H groups in total. The van der Waals surface area contributed by atoms with E-state index in [-0.39, 0.29) is 41.0 Å². The summed E-state index contributed by atoms with van der Waals surface area (Å²) < 4.78 is 1.75. The minimum Gasteiger partial charge on any atom is -0.325 e. The van der Waals surface area contributed by atoms with Crippen LogP contribution in [0.1, 0.15) is 79.1 Å². The Morgan fingerprint density at radius 1 is 1.11 bits per heavy atom. The molecule has 3 saturated carbocycles. The van der Waals surface area contributed by atoms with Crippen LogP contribution in [0.4, 0.5) is 0 Å². The van der Waals surface area contributed by atoms with Crippen molar-refractivity contribution >= 4 is 16.8 Å². The molecule has 0 aliphatic heterocycles. The number of nitrogens with zero attached hydrogens (tertiary/aromatic N) is 3. The molecule has 2 aromatic heterocycles. The molecule has 2 heterocycles. The van der Waals surface area contributed by atoms with Crippen LogP contribution in [-0.2, 0) is 11.3 Å². The van der Waals surface area contributed by atoms with E-state index >= 15 is 0 Å². The van der Waals surface area contributed by atoms with Gasteiger partial charge in [-0.15, -0.1) is 0 Å². The molecule has 0 radical (unpaired) electrons. The molecule has 0 amide bonds. The number of aromatic nitrogens is 3. The third-order valence-corrected chi connectivity index (χ3v) is 10.6. The van der Waals surface area contributed by atoms with Crippen molar-refractivity contribution in [2.75, 3.05) is 0 Å². The Morgan fingerprint density at radius 2 is 1.89 bits per heavy atom. The molecule has 3 fully saturated rings. The molecular weight excluding hydrogens is 436 g/mol. The zero-order valence-corrected chi connectivity index (χ0v) is 22.0. The van der Waals surface area contributed by atoms with Crippen molar-refractivity contribution < 1.29 is 4.79 Å². The summed E-state index contributed by atoms with van der Waals surface area (Å²) in [6, 6.07) is 3.80. The predicted molar refractivity (Wildman–Crippen MR) is 139 cm³/mol. The van der Waals surface area contributed by atoms with Crippen LogP contribution in [0.15, 0.2) is 24.5 Å². The van der Waals surface area contributed by atoms with Gasteiger partial charge in [0.25, 0.3) is 0 Å². The highest BCUT2D eigenvalue weighted by Gasteiger charge is 2.65. The van der Waals surface area contributed by atoms with Crippen molar-refractivity contribution in [2.24, 2.45) is 46.3 Å². The molecule has 7 atom stereocenters. The van der Waals surface area contributed by atoms with Crippen molar-refractivity contribution in [1.29, 1.82) is 0 Å². The van der Waals surface area contributed by atoms with Crippen molar-refractivity contribution in [3.63, 3.8) is 0 Å². The molecular formula is C28H44N6O. The normalized spacial score (nSPS) is 41.1. The smallest absolute Gasteiger partial charge is 0.157 e. The lowest BCUT2D eigenvalue weighted by molar-refractivity contribution is -0.128. The van der Waals surface area contributed by atoms with E-state index in [1.165, 1.54) is 0 Å². The fourth-order valence-corrected chi connectivity index (χ4v) is 8.87. The maximum Gasteiger partial charge on any atom is 0.157 e. The molecule has 3 aliphatic rings. The van der Waals surface area contributed by atoms with Crippen LogP contribution in [0, 0.1) is 29.1 Å². The van der Waals surface area contributed by atoms with E-state index in [0.29, 0.717) is 5.92 Å². The lowest BCUT2D eigenvalue weighted by atomic mass is 9.45. The SMILES string of the molecule is CC[C@H]1[C@](N)([C@@H]2CC[C@H](C(=O)Cn3cc4ncccc4n3)C2(C)C)CC[C@]2(N)C[C@@H](C)CC[C@]12N. The first-order valence-corrected chi connectivity index (χ1v) is 13.6. The number of nitrogens with two attached hydrogens (primary N) is 3. The first-order chi connectivity index (χ1) is 16.4. The Kier molecular flexibility index (Phi) is 5.93. The van der Waals surface area contributed by atoms with Crippen LogP contribution in [0.5, 0.6) is 0 Å². The number of rotatable bonds is 5. The first kappa shape index (κ1) is 24.8. The number of hydrogen-bond acceptors (Lipinski definition) is 6.